The normalized spacial score (nSPS) is 12.5. The second-order valence-electron chi connectivity index (χ2n) is 4.49. The fourth-order valence-corrected chi connectivity index (χ4v) is 2.05. The van der Waals surface area contributed by atoms with Crippen molar-refractivity contribution in [1.82, 2.24) is 0 Å². The molecule has 6 heteroatoms. The molecule has 0 heterocycles. The Bertz CT molecular complexity index is 682. The average Bonchev–Trinajstić information content (AvgIpc) is 2.55. The van der Waals surface area contributed by atoms with Crippen LogP contribution in [0.25, 0.3) is 0 Å². The fourth-order valence-electron chi connectivity index (χ4n) is 1.76. The van der Waals surface area contributed by atoms with Gasteiger partial charge in [-0.15, -0.1) is 0 Å². The highest BCUT2D eigenvalue weighted by molar-refractivity contribution is 7.97. The topological polar surface area (TPSA) is 84.6 Å². The molecule has 0 aliphatic heterocycles. The van der Waals surface area contributed by atoms with E-state index in [1.165, 1.54) is 12.1 Å². The molecule has 0 amide bonds. The summed E-state index contributed by atoms with van der Waals surface area (Å²) in [7, 11) is 0. The molecule has 0 saturated heterocycles. The summed E-state index contributed by atoms with van der Waals surface area (Å²) in [6.07, 6.45) is 1.57. The number of aliphatic hydroxyl groups is 1. The van der Waals surface area contributed by atoms with E-state index in [4.69, 9.17) is 16.0 Å². The molecule has 0 radical (unpaired) electrons. The number of nitrogens with zero attached hydrogens (tertiary/aromatic N) is 1. The monoisotopic (exact) mass is 317 g/mol. The van der Waals surface area contributed by atoms with E-state index < -0.39 is 0 Å². The van der Waals surface area contributed by atoms with Crippen LogP contribution in [0.4, 0.5) is 10.1 Å². The summed E-state index contributed by atoms with van der Waals surface area (Å²) in [5, 5.41) is 14.6. The lowest BCUT2D eigenvalue weighted by Crippen LogP contribution is -2.07. The third-order valence-electron chi connectivity index (χ3n) is 2.87. The summed E-state index contributed by atoms with van der Waals surface area (Å²) in [5.41, 5.74) is 7.90. The van der Waals surface area contributed by atoms with Crippen LogP contribution >= 0.6 is 11.9 Å². The molecule has 0 aliphatic rings. The zero-order valence-corrected chi connectivity index (χ0v) is 12.6. The number of benzene rings is 2. The van der Waals surface area contributed by atoms with Gasteiger partial charge in [-0.2, -0.15) is 0 Å². The predicted molar refractivity (Wildman–Crippen MR) is 88.4 cm³/mol. The van der Waals surface area contributed by atoms with Crippen molar-refractivity contribution in [3.63, 3.8) is 0 Å². The Morgan fingerprint density at radius 2 is 1.77 bits per heavy atom. The Morgan fingerprint density at radius 3 is 2.32 bits per heavy atom. The highest BCUT2D eigenvalue weighted by atomic mass is 32.2. The van der Waals surface area contributed by atoms with Crippen molar-refractivity contribution in [3.8, 4) is 0 Å². The van der Waals surface area contributed by atoms with Gasteiger partial charge in [0.1, 0.15) is 5.82 Å². The lowest BCUT2D eigenvalue weighted by molar-refractivity contribution is 0.330. The van der Waals surface area contributed by atoms with Crippen LogP contribution in [0.2, 0.25) is 0 Å². The van der Waals surface area contributed by atoms with Crippen LogP contribution in [0.5, 0.6) is 0 Å². The molecule has 0 atom stereocenters. The molecule has 0 unspecified atom stereocenters. The van der Waals surface area contributed by atoms with Crippen molar-refractivity contribution >= 4 is 23.3 Å². The smallest absolute Gasteiger partial charge is 0.123 e. The van der Waals surface area contributed by atoms with Crippen LogP contribution in [0.15, 0.2) is 70.2 Å². The van der Waals surface area contributed by atoms with Gasteiger partial charge in [0, 0.05) is 16.2 Å². The molecule has 4 nitrogen and oxygen atoms in total. The molecule has 5 N–H and O–H groups in total. The van der Waals surface area contributed by atoms with Gasteiger partial charge in [-0.05, 0) is 66.6 Å². The second-order valence-corrected chi connectivity index (χ2v) is 5.20. The molecule has 0 aliphatic carbocycles. The number of hydrogen-bond donors (Lipinski definition) is 3. The summed E-state index contributed by atoms with van der Waals surface area (Å²) < 4.78 is 13.1. The molecular formula is C16H16FN3OS. The quantitative estimate of drug-likeness (QED) is 0.585. The van der Waals surface area contributed by atoms with E-state index in [1.54, 1.807) is 18.2 Å². The van der Waals surface area contributed by atoms with E-state index in [9.17, 15) is 4.39 Å². The van der Waals surface area contributed by atoms with Crippen molar-refractivity contribution in [1.29, 1.82) is 0 Å². The van der Waals surface area contributed by atoms with Gasteiger partial charge in [0.15, 0.2) is 0 Å². The van der Waals surface area contributed by atoms with E-state index >= 15 is 0 Å². The maximum atomic E-state index is 13.1. The number of hydrogen-bond acceptors (Lipinski definition) is 5. The van der Waals surface area contributed by atoms with Gasteiger partial charge in [-0.25, -0.2) is 9.38 Å². The first-order chi connectivity index (χ1) is 10.6. The standard InChI is InChI=1S/C16H16FN3OS/c17-12-3-1-11(2-4-12)16(9-13(18)10-21)20-14-5-7-15(22-19)8-6-14/h1-9,21H,10,18-19H2/b13-9-,20-16?. The number of rotatable bonds is 5. The number of halogens is 1. The first kappa shape index (κ1) is 16.2. The van der Waals surface area contributed by atoms with Crippen molar-refractivity contribution in [2.75, 3.05) is 6.61 Å². The molecule has 2 rings (SSSR count). The van der Waals surface area contributed by atoms with E-state index in [0.29, 0.717) is 17.0 Å². The molecule has 0 fully saturated rings. The van der Waals surface area contributed by atoms with Gasteiger partial charge in [-0.1, -0.05) is 0 Å². The molecule has 22 heavy (non-hydrogen) atoms. The summed E-state index contributed by atoms with van der Waals surface area (Å²) >= 11 is 1.15. The van der Waals surface area contributed by atoms with Crippen LogP contribution in [-0.4, -0.2) is 17.4 Å². The minimum absolute atomic E-state index is 0.275. The van der Waals surface area contributed by atoms with Crippen LogP contribution in [0.1, 0.15) is 5.56 Å². The zero-order valence-electron chi connectivity index (χ0n) is 11.7. The van der Waals surface area contributed by atoms with Gasteiger partial charge >= 0.3 is 0 Å². The molecule has 114 valence electrons. The molecule has 2 aromatic carbocycles. The first-order valence-electron chi connectivity index (χ1n) is 6.50. The number of aliphatic hydroxyl groups excluding tert-OH is 1. The van der Waals surface area contributed by atoms with Gasteiger partial charge < -0.3 is 10.8 Å². The van der Waals surface area contributed by atoms with Gasteiger partial charge in [0.25, 0.3) is 0 Å². The Kier molecular flexibility index (Phi) is 5.71. The Balaban J connectivity index is 2.42. The van der Waals surface area contributed by atoms with E-state index in [2.05, 4.69) is 4.99 Å². The first-order valence-corrected chi connectivity index (χ1v) is 7.38. The minimum Gasteiger partial charge on any atom is -0.400 e. The molecule has 0 saturated carbocycles. The highest BCUT2D eigenvalue weighted by Crippen LogP contribution is 2.19. The molecule has 0 bridgehead atoms. The Morgan fingerprint density at radius 1 is 1.14 bits per heavy atom. The third-order valence-corrected chi connectivity index (χ3v) is 3.41. The molecular weight excluding hydrogens is 301 g/mol. The maximum Gasteiger partial charge on any atom is 0.123 e. The van der Waals surface area contributed by atoms with Gasteiger partial charge in [-0.3, -0.25) is 5.14 Å². The number of allylic oxidation sites excluding steroid dienone is 1. The average molecular weight is 317 g/mol. The van der Waals surface area contributed by atoms with Gasteiger partial charge in [0.2, 0.25) is 0 Å². The Hall–Kier alpha value is -2.15. The van der Waals surface area contributed by atoms with Crippen molar-refractivity contribution in [2.24, 2.45) is 15.9 Å². The minimum atomic E-state index is -0.327. The highest BCUT2D eigenvalue weighted by Gasteiger charge is 2.03. The van der Waals surface area contributed by atoms with E-state index in [-0.39, 0.29) is 18.1 Å². The van der Waals surface area contributed by atoms with Crippen LogP contribution in [0.3, 0.4) is 0 Å². The maximum absolute atomic E-state index is 13.1. The van der Waals surface area contributed by atoms with Crippen LogP contribution in [-0.2, 0) is 0 Å². The third kappa shape index (κ3) is 4.42. The Labute approximate surface area is 132 Å². The lowest BCUT2D eigenvalue weighted by Gasteiger charge is -2.05. The molecule has 2 aromatic rings. The lowest BCUT2D eigenvalue weighted by atomic mass is 10.1. The van der Waals surface area contributed by atoms with E-state index in [0.717, 1.165) is 16.8 Å². The summed E-state index contributed by atoms with van der Waals surface area (Å²) in [4.78, 5) is 5.42. The van der Waals surface area contributed by atoms with E-state index in [1.807, 2.05) is 24.3 Å². The van der Waals surface area contributed by atoms with Crippen LogP contribution in [0, 0.1) is 5.82 Å². The summed E-state index contributed by atoms with van der Waals surface area (Å²) in [6, 6.07) is 13.3. The zero-order chi connectivity index (χ0) is 15.9. The van der Waals surface area contributed by atoms with Crippen molar-refractivity contribution in [3.05, 3.63) is 71.7 Å². The molecule has 0 aromatic heterocycles. The largest absolute Gasteiger partial charge is 0.400 e. The van der Waals surface area contributed by atoms with Gasteiger partial charge in [0.05, 0.1) is 18.0 Å². The van der Waals surface area contributed by atoms with Crippen molar-refractivity contribution in [2.45, 2.75) is 4.90 Å². The number of nitrogens with two attached hydrogens (primary N) is 2. The summed E-state index contributed by atoms with van der Waals surface area (Å²) in [5.74, 6) is -0.327. The summed E-state index contributed by atoms with van der Waals surface area (Å²) in [6.45, 7) is -0.275. The van der Waals surface area contributed by atoms with Crippen LogP contribution < -0.4 is 10.9 Å². The predicted octanol–water partition coefficient (Wildman–Crippen LogP) is 2.75. The SMILES string of the molecule is NSc1ccc(N=C(/C=C(\N)CO)c2ccc(F)cc2)cc1. The van der Waals surface area contributed by atoms with Crippen molar-refractivity contribution < 1.29 is 9.50 Å². The molecule has 0 spiro atoms. The second kappa shape index (κ2) is 7.74. The fraction of sp³-hybridized carbons (Fsp3) is 0.0625. The number of aliphatic imine (C=N–C) groups is 1.